The summed E-state index contributed by atoms with van der Waals surface area (Å²) in [6.07, 6.45) is -0.805. The highest BCUT2D eigenvalue weighted by atomic mass is 35.5. The first-order chi connectivity index (χ1) is 16.9. The maximum Gasteiger partial charge on any atom is 0.281 e. The molecule has 0 aliphatic carbocycles. The molecule has 0 spiro atoms. The number of halogens is 3. The summed E-state index contributed by atoms with van der Waals surface area (Å²) in [4.78, 5) is 18.0. The molecule has 0 bridgehead atoms. The molecule has 0 radical (unpaired) electrons. The van der Waals surface area contributed by atoms with Crippen LogP contribution in [0.1, 0.15) is 13.8 Å². The van der Waals surface area contributed by atoms with E-state index in [-0.39, 0.29) is 17.0 Å². The van der Waals surface area contributed by atoms with E-state index in [0.29, 0.717) is 21.8 Å². The Morgan fingerprint density at radius 3 is 2.54 bits per heavy atom. The zero-order valence-corrected chi connectivity index (χ0v) is 20.0. The Balaban J connectivity index is 0.00000141. The van der Waals surface area contributed by atoms with Crippen LogP contribution in [0.25, 0.3) is 38.8 Å². The number of rotatable bonds is 5. The molecule has 3 aromatic heterocycles. The van der Waals surface area contributed by atoms with Crippen molar-refractivity contribution in [3.63, 3.8) is 0 Å². The van der Waals surface area contributed by atoms with E-state index in [1.165, 1.54) is 10.7 Å². The zero-order chi connectivity index (χ0) is 25.1. The molecule has 180 valence electrons. The lowest BCUT2D eigenvalue weighted by molar-refractivity contribution is 0.0798. The maximum atomic E-state index is 13.6. The lowest BCUT2D eigenvalue weighted by Gasteiger charge is -2.12. The molecule has 0 saturated carbocycles. The third kappa shape index (κ3) is 5.00. The topological polar surface area (TPSA) is 74.8 Å². The van der Waals surface area contributed by atoms with Gasteiger partial charge in [-0.3, -0.25) is 9.48 Å². The van der Waals surface area contributed by atoms with Crippen LogP contribution in [0.4, 0.5) is 8.78 Å². The molecule has 0 saturated heterocycles. The Labute approximate surface area is 204 Å². The first-order valence-electron chi connectivity index (χ1n) is 10.9. The minimum Gasteiger partial charge on any atom is -0.472 e. The minimum absolute atomic E-state index is 0.0261. The van der Waals surface area contributed by atoms with Crippen molar-refractivity contribution in [3.8, 4) is 22.7 Å². The van der Waals surface area contributed by atoms with Crippen molar-refractivity contribution in [1.82, 2.24) is 24.5 Å². The van der Waals surface area contributed by atoms with Gasteiger partial charge in [0.1, 0.15) is 11.0 Å². The summed E-state index contributed by atoms with van der Waals surface area (Å²) >= 11 is 6.18. The molecule has 3 heterocycles. The Kier molecular flexibility index (Phi) is 7.07. The summed E-state index contributed by atoms with van der Waals surface area (Å²) < 4.78 is 33.2. The van der Waals surface area contributed by atoms with Gasteiger partial charge in [-0.15, -0.1) is 0 Å². The Morgan fingerprint density at radius 2 is 1.80 bits per heavy atom. The van der Waals surface area contributed by atoms with Crippen molar-refractivity contribution < 1.29 is 13.5 Å². The Hall–Kier alpha value is -3.85. The quantitative estimate of drug-likeness (QED) is 0.313. The highest BCUT2D eigenvalue weighted by molar-refractivity contribution is 6.30. The number of hydrogen-bond acceptors (Lipinski definition) is 5. The Morgan fingerprint density at radius 1 is 1.03 bits per heavy atom. The van der Waals surface area contributed by atoms with E-state index in [9.17, 15) is 13.6 Å². The molecule has 5 rings (SSSR count). The van der Waals surface area contributed by atoms with Gasteiger partial charge in [-0.2, -0.15) is 14.9 Å². The summed E-state index contributed by atoms with van der Waals surface area (Å²) in [6, 6.07) is 15.2. The lowest BCUT2D eigenvalue weighted by atomic mass is 10.1. The Bertz CT molecular complexity index is 1570. The molecule has 35 heavy (non-hydrogen) atoms. The molecule has 0 fully saturated rings. The van der Waals surface area contributed by atoms with Crippen LogP contribution in [0.15, 0.2) is 65.6 Å². The van der Waals surface area contributed by atoms with Crippen LogP contribution >= 0.6 is 11.6 Å². The summed E-state index contributed by atoms with van der Waals surface area (Å²) in [7, 11) is 1.82. The first-order valence-corrected chi connectivity index (χ1v) is 11.3. The number of pyridine rings is 1. The van der Waals surface area contributed by atoms with E-state index in [1.54, 1.807) is 41.1 Å². The van der Waals surface area contributed by atoms with Crippen molar-refractivity contribution in [1.29, 1.82) is 0 Å². The van der Waals surface area contributed by atoms with Gasteiger partial charge in [0.05, 0.1) is 16.8 Å². The third-order valence-electron chi connectivity index (χ3n) is 5.02. The largest absolute Gasteiger partial charge is 0.472 e. The first kappa shape index (κ1) is 24.3. The second kappa shape index (κ2) is 10.2. The number of aromatic nitrogens is 5. The van der Waals surface area contributed by atoms with Gasteiger partial charge in [-0.1, -0.05) is 37.6 Å². The molecule has 5 aromatic rings. The number of alkyl halides is 2. The number of aryl methyl sites for hydroxylation is 1. The van der Waals surface area contributed by atoms with Crippen molar-refractivity contribution in [3.05, 3.63) is 76.2 Å². The van der Waals surface area contributed by atoms with Gasteiger partial charge in [-0.25, -0.2) is 13.8 Å². The molecule has 0 amide bonds. The van der Waals surface area contributed by atoms with E-state index in [2.05, 4.69) is 15.2 Å². The second-order valence-electron chi connectivity index (χ2n) is 7.37. The average molecular weight is 498 g/mol. The van der Waals surface area contributed by atoms with Crippen molar-refractivity contribution in [2.24, 2.45) is 7.05 Å². The molecule has 0 aliphatic heterocycles. The predicted molar refractivity (Wildman–Crippen MR) is 133 cm³/mol. The third-order valence-corrected chi connectivity index (χ3v) is 5.25. The number of nitrogens with zero attached hydrogens (tertiary/aromatic N) is 5. The van der Waals surface area contributed by atoms with Crippen LogP contribution in [0.5, 0.6) is 5.88 Å². The van der Waals surface area contributed by atoms with E-state index < -0.39 is 18.6 Å². The molecule has 0 aliphatic rings. The SMILES string of the molecule is CC.Cn1cc2cc(-n3nc4ccc(OCC(F)F)nc4c(-c4cccc(Cl)c4)c3=O)ccc2n1. The van der Waals surface area contributed by atoms with Gasteiger partial charge in [-0.05, 0) is 42.0 Å². The van der Waals surface area contributed by atoms with Crippen molar-refractivity contribution in [2.45, 2.75) is 20.3 Å². The molecule has 0 N–H and O–H groups in total. The van der Waals surface area contributed by atoms with Gasteiger partial charge in [0.2, 0.25) is 5.88 Å². The lowest BCUT2D eigenvalue weighted by Crippen LogP contribution is -2.23. The second-order valence-corrected chi connectivity index (χ2v) is 7.80. The van der Waals surface area contributed by atoms with E-state index >= 15 is 0 Å². The number of hydrogen-bond donors (Lipinski definition) is 0. The fraction of sp³-hybridized carbons (Fsp3) is 0.200. The van der Waals surface area contributed by atoms with Crippen molar-refractivity contribution in [2.75, 3.05) is 6.61 Å². The molecule has 7 nitrogen and oxygen atoms in total. The van der Waals surface area contributed by atoms with Crippen LogP contribution in [-0.4, -0.2) is 37.6 Å². The van der Waals surface area contributed by atoms with Crippen LogP contribution in [0.2, 0.25) is 5.02 Å². The van der Waals surface area contributed by atoms with Gasteiger partial charge < -0.3 is 4.74 Å². The number of fused-ring (bicyclic) bond motifs is 2. The number of ether oxygens (including phenoxy) is 1. The summed E-state index contributed by atoms with van der Waals surface area (Å²) in [5.41, 5.74) is 2.27. The minimum atomic E-state index is -2.65. The zero-order valence-electron chi connectivity index (χ0n) is 19.2. The van der Waals surface area contributed by atoms with Crippen molar-refractivity contribution >= 4 is 33.5 Å². The molecular formula is C25H22ClF2N5O2. The van der Waals surface area contributed by atoms with Gasteiger partial charge in [0, 0.05) is 29.7 Å². The molecular weight excluding hydrogens is 476 g/mol. The average Bonchev–Trinajstić information content (AvgIpc) is 3.22. The van der Waals surface area contributed by atoms with Crippen LogP contribution in [0, 0.1) is 0 Å². The fourth-order valence-corrected chi connectivity index (χ4v) is 3.83. The fourth-order valence-electron chi connectivity index (χ4n) is 3.64. The standard InChI is InChI=1S/C23H16ClF2N5O2.C2H6/c1-30-11-14-10-16(5-6-17(14)28-30)31-23(32)21(13-3-2-4-15(24)9-13)22-18(29-31)7-8-20(27-22)33-12-19(25)26;1-2/h2-11,19H,12H2,1H3;1-2H3. The summed E-state index contributed by atoms with van der Waals surface area (Å²) in [5, 5.41) is 10.1. The van der Waals surface area contributed by atoms with Gasteiger partial charge in [0.15, 0.2) is 6.61 Å². The van der Waals surface area contributed by atoms with E-state index in [1.807, 2.05) is 39.2 Å². The summed E-state index contributed by atoms with van der Waals surface area (Å²) in [5.74, 6) is -0.0261. The van der Waals surface area contributed by atoms with Gasteiger partial charge in [0.25, 0.3) is 12.0 Å². The summed E-state index contributed by atoms with van der Waals surface area (Å²) in [6.45, 7) is 3.20. The molecule has 10 heteroatoms. The monoisotopic (exact) mass is 497 g/mol. The predicted octanol–water partition coefficient (Wildman–Crippen LogP) is 5.66. The smallest absolute Gasteiger partial charge is 0.281 e. The van der Waals surface area contributed by atoms with Gasteiger partial charge >= 0.3 is 0 Å². The number of benzene rings is 2. The molecule has 2 aromatic carbocycles. The van der Waals surface area contributed by atoms with E-state index in [4.69, 9.17) is 16.3 Å². The van der Waals surface area contributed by atoms with Crippen LogP contribution in [-0.2, 0) is 7.05 Å². The van der Waals surface area contributed by atoms with E-state index in [0.717, 1.165) is 10.9 Å². The van der Waals surface area contributed by atoms with Crippen LogP contribution < -0.4 is 10.3 Å². The molecule has 0 unspecified atom stereocenters. The van der Waals surface area contributed by atoms with Crippen LogP contribution in [0.3, 0.4) is 0 Å². The highest BCUT2D eigenvalue weighted by Gasteiger charge is 2.18. The highest BCUT2D eigenvalue weighted by Crippen LogP contribution is 2.28. The maximum absolute atomic E-state index is 13.6. The molecule has 0 atom stereocenters. The normalized spacial score (nSPS) is 11.1.